The molecule has 4 heteroatoms. The molecule has 0 amide bonds. The van der Waals surface area contributed by atoms with Crippen molar-refractivity contribution in [3.8, 4) is 16.9 Å². The van der Waals surface area contributed by atoms with Crippen molar-refractivity contribution in [2.45, 2.75) is 19.4 Å². The zero-order valence-electron chi connectivity index (χ0n) is 15.3. The van der Waals surface area contributed by atoms with Crippen LogP contribution in [-0.2, 0) is 15.1 Å². The second-order valence-electron chi connectivity index (χ2n) is 6.51. The summed E-state index contributed by atoms with van der Waals surface area (Å²) in [6.45, 7) is 3.47. The van der Waals surface area contributed by atoms with Gasteiger partial charge in [-0.05, 0) is 47.9 Å². The minimum Gasteiger partial charge on any atom is -0.479 e. The van der Waals surface area contributed by atoms with Crippen LogP contribution in [0.25, 0.3) is 11.1 Å². The van der Waals surface area contributed by atoms with Crippen LogP contribution in [0.3, 0.4) is 0 Å². The molecule has 27 heavy (non-hydrogen) atoms. The van der Waals surface area contributed by atoms with E-state index in [4.69, 9.17) is 9.47 Å². The second kappa shape index (κ2) is 8.40. The van der Waals surface area contributed by atoms with E-state index in [1.54, 1.807) is 0 Å². The van der Waals surface area contributed by atoms with Crippen molar-refractivity contribution in [1.82, 2.24) is 0 Å². The van der Waals surface area contributed by atoms with E-state index in [1.807, 2.05) is 73.7 Å². The number of carbonyl (C=O) groups is 1. The summed E-state index contributed by atoms with van der Waals surface area (Å²) in [4.78, 5) is 11.3. The minimum atomic E-state index is -0.772. The van der Waals surface area contributed by atoms with E-state index in [0.717, 1.165) is 26.9 Å². The minimum absolute atomic E-state index is 0.140. The molecule has 0 aliphatic rings. The number of hydrogen-bond donors (Lipinski definition) is 0. The van der Waals surface area contributed by atoms with E-state index >= 15 is 0 Å². The fourth-order valence-corrected chi connectivity index (χ4v) is 3.08. The third-order valence-corrected chi connectivity index (χ3v) is 4.84. The maximum absolute atomic E-state index is 11.3. The smallest absolute Gasteiger partial charge is 0.302 e. The molecular weight excluding hydrogens is 404 g/mol. The van der Waals surface area contributed by atoms with Gasteiger partial charge in [0.05, 0.1) is 0 Å². The standard InChI is InChI=1S/C23H21BrO3/c1-17(25)26-16-23(2,20-6-4-3-5-7-20)27-22-14-10-19(11-15-22)18-8-12-21(24)13-9-18/h3-15H,16H2,1-2H3. The lowest BCUT2D eigenvalue weighted by Crippen LogP contribution is -2.35. The van der Waals surface area contributed by atoms with Gasteiger partial charge in [-0.3, -0.25) is 4.79 Å². The van der Waals surface area contributed by atoms with Gasteiger partial charge in [0, 0.05) is 11.4 Å². The van der Waals surface area contributed by atoms with Gasteiger partial charge in [0.25, 0.3) is 0 Å². The van der Waals surface area contributed by atoms with Crippen LogP contribution < -0.4 is 4.74 Å². The molecule has 3 aromatic carbocycles. The number of halogens is 1. The summed E-state index contributed by atoms with van der Waals surface area (Å²) in [5.74, 6) is 0.390. The van der Waals surface area contributed by atoms with Crippen molar-refractivity contribution in [2.24, 2.45) is 0 Å². The largest absolute Gasteiger partial charge is 0.479 e. The Bertz CT molecular complexity index is 889. The van der Waals surface area contributed by atoms with Crippen LogP contribution in [0.2, 0.25) is 0 Å². The molecule has 0 fully saturated rings. The molecule has 0 aromatic heterocycles. The zero-order valence-corrected chi connectivity index (χ0v) is 16.9. The van der Waals surface area contributed by atoms with Gasteiger partial charge in [0.15, 0.2) is 5.60 Å². The average Bonchev–Trinajstić information content (AvgIpc) is 2.68. The van der Waals surface area contributed by atoms with Gasteiger partial charge in [0.1, 0.15) is 12.4 Å². The van der Waals surface area contributed by atoms with Crippen molar-refractivity contribution in [3.63, 3.8) is 0 Å². The van der Waals surface area contributed by atoms with Crippen molar-refractivity contribution >= 4 is 21.9 Å². The molecule has 0 aliphatic heterocycles. The van der Waals surface area contributed by atoms with E-state index in [0.29, 0.717) is 0 Å². The Morgan fingerprint density at radius 3 is 2.00 bits per heavy atom. The van der Waals surface area contributed by atoms with Crippen LogP contribution in [-0.4, -0.2) is 12.6 Å². The summed E-state index contributed by atoms with van der Waals surface area (Å²) in [7, 11) is 0. The Kier molecular flexibility index (Phi) is 5.97. The molecule has 0 saturated carbocycles. The summed E-state index contributed by atoms with van der Waals surface area (Å²) in [5.41, 5.74) is 2.42. The third kappa shape index (κ3) is 4.98. The van der Waals surface area contributed by atoms with Gasteiger partial charge in [-0.2, -0.15) is 0 Å². The SMILES string of the molecule is CC(=O)OCC(C)(Oc1ccc(-c2ccc(Br)cc2)cc1)c1ccccc1. The first-order valence-electron chi connectivity index (χ1n) is 8.70. The first kappa shape index (κ1) is 19.2. The fraction of sp³-hybridized carbons (Fsp3) is 0.174. The fourth-order valence-electron chi connectivity index (χ4n) is 2.82. The Hall–Kier alpha value is -2.59. The molecular formula is C23H21BrO3. The van der Waals surface area contributed by atoms with Gasteiger partial charge in [-0.1, -0.05) is 70.5 Å². The molecule has 1 unspecified atom stereocenters. The van der Waals surface area contributed by atoms with Crippen LogP contribution >= 0.6 is 15.9 Å². The molecule has 3 aromatic rings. The molecule has 0 bridgehead atoms. The van der Waals surface area contributed by atoms with Gasteiger partial charge >= 0.3 is 5.97 Å². The Morgan fingerprint density at radius 2 is 1.44 bits per heavy atom. The highest BCUT2D eigenvalue weighted by molar-refractivity contribution is 9.10. The molecule has 1 atom stereocenters. The molecule has 138 valence electrons. The molecule has 0 spiro atoms. The van der Waals surface area contributed by atoms with Crippen LogP contribution in [0.4, 0.5) is 0 Å². The highest BCUT2D eigenvalue weighted by Gasteiger charge is 2.30. The molecule has 0 aliphatic carbocycles. The van der Waals surface area contributed by atoms with Crippen LogP contribution in [0.15, 0.2) is 83.3 Å². The normalized spacial score (nSPS) is 12.9. The first-order chi connectivity index (χ1) is 13.0. The lowest BCUT2D eigenvalue weighted by Gasteiger charge is -2.30. The van der Waals surface area contributed by atoms with Crippen LogP contribution in [0.5, 0.6) is 5.75 Å². The number of esters is 1. The van der Waals surface area contributed by atoms with Crippen molar-refractivity contribution in [1.29, 1.82) is 0 Å². The van der Waals surface area contributed by atoms with E-state index in [1.165, 1.54) is 6.92 Å². The number of benzene rings is 3. The van der Waals surface area contributed by atoms with Crippen LogP contribution in [0, 0.1) is 0 Å². The topological polar surface area (TPSA) is 35.5 Å². The maximum Gasteiger partial charge on any atom is 0.302 e. The van der Waals surface area contributed by atoms with Crippen molar-refractivity contribution in [3.05, 3.63) is 88.9 Å². The van der Waals surface area contributed by atoms with Crippen molar-refractivity contribution < 1.29 is 14.3 Å². The third-order valence-electron chi connectivity index (χ3n) is 4.31. The number of ether oxygens (including phenoxy) is 2. The van der Waals surface area contributed by atoms with Gasteiger partial charge in [-0.25, -0.2) is 0 Å². The Morgan fingerprint density at radius 1 is 0.889 bits per heavy atom. The van der Waals surface area contributed by atoms with Crippen LogP contribution in [0.1, 0.15) is 19.4 Å². The number of rotatable bonds is 6. The molecule has 0 radical (unpaired) electrons. The van der Waals surface area contributed by atoms with Gasteiger partial charge in [0.2, 0.25) is 0 Å². The Balaban J connectivity index is 1.83. The molecule has 3 nitrogen and oxygen atoms in total. The number of hydrogen-bond acceptors (Lipinski definition) is 3. The molecule has 0 N–H and O–H groups in total. The molecule has 3 rings (SSSR count). The summed E-state index contributed by atoms with van der Waals surface area (Å²) < 4.78 is 12.6. The molecule has 0 heterocycles. The highest BCUT2D eigenvalue weighted by Crippen LogP contribution is 2.30. The van der Waals surface area contributed by atoms with E-state index < -0.39 is 5.60 Å². The second-order valence-corrected chi connectivity index (χ2v) is 7.43. The summed E-state index contributed by atoms with van der Waals surface area (Å²) >= 11 is 3.45. The lowest BCUT2D eigenvalue weighted by molar-refractivity contribution is -0.147. The van der Waals surface area contributed by atoms with E-state index in [9.17, 15) is 4.79 Å². The average molecular weight is 425 g/mol. The summed E-state index contributed by atoms with van der Waals surface area (Å²) in [5, 5.41) is 0. The van der Waals surface area contributed by atoms with Gasteiger partial charge in [-0.15, -0.1) is 0 Å². The summed E-state index contributed by atoms with van der Waals surface area (Å²) in [6, 6.07) is 25.9. The maximum atomic E-state index is 11.3. The van der Waals surface area contributed by atoms with Gasteiger partial charge < -0.3 is 9.47 Å². The predicted molar refractivity (Wildman–Crippen MR) is 111 cm³/mol. The zero-order chi connectivity index (χ0) is 19.3. The first-order valence-corrected chi connectivity index (χ1v) is 9.49. The monoisotopic (exact) mass is 424 g/mol. The quantitative estimate of drug-likeness (QED) is 0.457. The molecule has 0 saturated heterocycles. The van der Waals surface area contributed by atoms with E-state index in [-0.39, 0.29) is 12.6 Å². The van der Waals surface area contributed by atoms with Crippen molar-refractivity contribution in [2.75, 3.05) is 6.61 Å². The Labute approximate surface area is 168 Å². The lowest BCUT2D eigenvalue weighted by atomic mass is 9.96. The summed E-state index contributed by atoms with van der Waals surface area (Å²) in [6.07, 6.45) is 0. The number of carbonyl (C=O) groups excluding carboxylic acids is 1. The highest BCUT2D eigenvalue weighted by atomic mass is 79.9. The predicted octanol–water partition coefficient (Wildman–Crippen LogP) is 5.97. The van der Waals surface area contributed by atoms with E-state index in [2.05, 4.69) is 28.1 Å².